The van der Waals surface area contributed by atoms with Crippen LogP contribution in [-0.4, -0.2) is 0 Å². The number of halogens is 3. The second-order valence-electron chi connectivity index (χ2n) is 4.84. The van der Waals surface area contributed by atoms with Crippen LogP contribution < -0.4 is 5.73 Å². The molecule has 0 spiro atoms. The van der Waals surface area contributed by atoms with E-state index in [1.165, 1.54) is 6.07 Å². The molecule has 0 saturated heterocycles. The van der Waals surface area contributed by atoms with Crippen LogP contribution in [0.1, 0.15) is 18.1 Å². The molecular formula is C15H14BrClFN. The van der Waals surface area contributed by atoms with E-state index in [9.17, 15) is 4.39 Å². The molecule has 0 aromatic heterocycles. The third-order valence-corrected chi connectivity index (χ3v) is 3.84. The number of rotatable bonds is 3. The van der Waals surface area contributed by atoms with E-state index >= 15 is 0 Å². The van der Waals surface area contributed by atoms with Crippen molar-refractivity contribution in [3.63, 3.8) is 0 Å². The summed E-state index contributed by atoms with van der Waals surface area (Å²) in [5.41, 5.74) is 7.21. The van der Waals surface area contributed by atoms with Crippen LogP contribution in [0, 0.1) is 5.82 Å². The molecule has 2 rings (SSSR count). The van der Waals surface area contributed by atoms with Crippen molar-refractivity contribution in [2.75, 3.05) is 0 Å². The Morgan fingerprint density at radius 2 is 1.84 bits per heavy atom. The molecule has 0 aliphatic heterocycles. The monoisotopic (exact) mass is 341 g/mol. The summed E-state index contributed by atoms with van der Waals surface area (Å²) in [5, 5.41) is 0.392. The Hall–Kier alpha value is -0.900. The summed E-state index contributed by atoms with van der Waals surface area (Å²) >= 11 is 9.13. The van der Waals surface area contributed by atoms with Gasteiger partial charge < -0.3 is 5.73 Å². The highest BCUT2D eigenvalue weighted by atomic mass is 79.9. The van der Waals surface area contributed by atoms with Crippen LogP contribution in [0.15, 0.2) is 46.9 Å². The normalized spacial score (nSPS) is 14.2. The number of hydrogen-bond acceptors (Lipinski definition) is 1. The van der Waals surface area contributed by atoms with Gasteiger partial charge in [-0.25, -0.2) is 4.39 Å². The second kappa shape index (κ2) is 5.61. The third-order valence-electron chi connectivity index (χ3n) is 3.08. The summed E-state index contributed by atoms with van der Waals surface area (Å²) in [6.07, 6.45) is 0.414. The van der Waals surface area contributed by atoms with Gasteiger partial charge in [0.1, 0.15) is 5.82 Å². The van der Waals surface area contributed by atoms with Gasteiger partial charge in [0.2, 0.25) is 0 Å². The van der Waals surface area contributed by atoms with Crippen LogP contribution in [0.25, 0.3) is 0 Å². The van der Waals surface area contributed by atoms with Crippen molar-refractivity contribution >= 4 is 27.5 Å². The third kappa shape index (κ3) is 3.56. The average Bonchev–Trinajstić information content (AvgIpc) is 2.33. The highest BCUT2D eigenvalue weighted by Gasteiger charge is 2.23. The van der Waals surface area contributed by atoms with Crippen molar-refractivity contribution in [3.05, 3.63) is 68.9 Å². The van der Waals surface area contributed by atoms with Crippen molar-refractivity contribution in [1.82, 2.24) is 0 Å². The van der Waals surface area contributed by atoms with Crippen LogP contribution in [0.5, 0.6) is 0 Å². The van der Waals surface area contributed by atoms with Gasteiger partial charge in [-0.1, -0.05) is 45.7 Å². The molecule has 0 radical (unpaired) electrons. The number of benzene rings is 2. The van der Waals surface area contributed by atoms with Gasteiger partial charge >= 0.3 is 0 Å². The molecule has 0 amide bonds. The van der Waals surface area contributed by atoms with Crippen molar-refractivity contribution in [2.45, 2.75) is 18.9 Å². The Bertz CT molecular complexity index is 581. The lowest BCUT2D eigenvalue weighted by Gasteiger charge is -2.25. The molecular weight excluding hydrogens is 329 g/mol. The van der Waals surface area contributed by atoms with Gasteiger partial charge in [-0.05, 0) is 48.7 Å². The smallest absolute Gasteiger partial charge is 0.127 e. The van der Waals surface area contributed by atoms with Crippen LogP contribution >= 0.6 is 27.5 Å². The van der Waals surface area contributed by atoms with E-state index in [1.807, 2.05) is 31.2 Å². The van der Waals surface area contributed by atoms with Gasteiger partial charge in [0.15, 0.2) is 0 Å². The molecule has 1 nitrogen and oxygen atoms in total. The molecule has 1 unspecified atom stereocenters. The first kappa shape index (κ1) is 14.5. The molecule has 0 aliphatic rings. The fourth-order valence-corrected chi connectivity index (χ4v) is 2.42. The lowest BCUT2D eigenvalue weighted by molar-refractivity contribution is 0.475. The predicted octanol–water partition coefficient (Wildman–Crippen LogP) is 4.66. The predicted molar refractivity (Wildman–Crippen MR) is 80.8 cm³/mol. The first-order valence-electron chi connectivity index (χ1n) is 5.87. The van der Waals surface area contributed by atoms with Gasteiger partial charge in [-0.3, -0.25) is 0 Å². The zero-order valence-electron chi connectivity index (χ0n) is 10.5. The maximum Gasteiger partial charge on any atom is 0.127 e. The lowest BCUT2D eigenvalue weighted by Crippen LogP contribution is -2.35. The minimum atomic E-state index is -0.630. The molecule has 0 saturated carbocycles. The first-order chi connectivity index (χ1) is 8.88. The SMILES string of the molecule is CC(N)(Cc1ccc(Cl)cc1F)c1ccc(Br)cc1. The second-order valence-corrected chi connectivity index (χ2v) is 6.19. The Kier molecular flexibility index (Phi) is 4.29. The van der Waals surface area contributed by atoms with Crippen molar-refractivity contribution in [2.24, 2.45) is 5.73 Å². The van der Waals surface area contributed by atoms with Gasteiger partial charge in [0.05, 0.1) is 0 Å². The van der Waals surface area contributed by atoms with Crippen molar-refractivity contribution < 1.29 is 4.39 Å². The molecule has 2 N–H and O–H groups in total. The maximum absolute atomic E-state index is 13.8. The van der Waals surface area contributed by atoms with Crippen LogP contribution in [0.4, 0.5) is 4.39 Å². The van der Waals surface area contributed by atoms with E-state index in [-0.39, 0.29) is 5.82 Å². The van der Waals surface area contributed by atoms with Crippen LogP contribution in [-0.2, 0) is 12.0 Å². The van der Waals surface area contributed by atoms with Gasteiger partial charge in [0.25, 0.3) is 0 Å². The summed E-state index contributed by atoms with van der Waals surface area (Å²) in [6, 6.07) is 12.4. The Morgan fingerprint density at radius 3 is 2.42 bits per heavy atom. The van der Waals surface area contributed by atoms with Crippen molar-refractivity contribution in [1.29, 1.82) is 0 Å². The van der Waals surface area contributed by atoms with Gasteiger partial charge in [-0.2, -0.15) is 0 Å². The Morgan fingerprint density at radius 1 is 1.21 bits per heavy atom. The number of hydrogen-bond donors (Lipinski definition) is 1. The van der Waals surface area contributed by atoms with E-state index in [1.54, 1.807) is 12.1 Å². The quantitative estimate of drug-likeness (QED) is 0.862. The van der Waals surface area contributed by atoms with E-state index in [4.69, 9.17) is 17.3 Å². The molecule has 0 bridgehead atoms. The van der Waals surface area contributed by atoms with E-state index in [0.717, 1.165) is 10.0 Å². The summed E-state index contributed by atoms with van der Waals surface area (Å²) in [4.78, 5) is 0. The first-order valence-corrected chi connectivity index (χ1v) is 7.04. The molecule has 1 atom stereocenters. The average molecular weight is 343 g/mol. The lowest BCUT2D eigenvalue weighted by atomic mass is 9.86. The molecule has 2 aromatic rings. The molecule has 0 heterocycles. The van der Waals surface area contributed by atoms with Crippen LogP contribution in [0.2, 0.25) is 5.02 Å². The summed E-state index contributed by atoms with van der Waals surface area (Å²) in [6.45, 7) is 1.89. The fourth-order valence-electron chi connectivity index (χ4n) is 1.99. The molecule has 0 fully saturated rings. The minimum Gasteiger partial charge on any atom is -0.321 e. The molecule has 19 heavy (non-hydrogen) atoms. The van der Waals surface area contributed by atoms with E-state index < -0.39 is 5.54 Å². The minimum absolute atomic E-state index is 0.318. The Balaban J connectivity index is 2.27. The zero-order chi connectivity index (χ0) is 14.0. The molecule has 2 aromatic carbocycles. The zero-order valence-corrected chi connectivity index (χ0v) is 12.8. The van der Waals surface area contributed by atoms with Gasteiger partial charge in [-0.15, -0.1) is 0 Å². The largest absolute Gasteiger partial charge is 0.321 e. The summed E-state index contributed by atoms with van der Waals surface area (Å²) in [7, 11) is 0. The highest BCUT2D eigenvalue weighted by molar-refractivity contribution is 9.10. The molecule has 100 valence electrons. The van der Waals surface area contributed by atoms with Crippen LogP contribution in [0.3, 0.4) is 0 Å². The highest BCUT2D eigenvalue weighted by Crippen LogP contribution is 2.26. The van der Waals surface area contributed by atoms with Gasteiger partial charge in [0, 0.05) is 15.0 Å². The molecule has 4 heteroatoms. The Labute approximate surface area is 125 Å². The molecule has 0 aliphatic carbocycles. The summed E-state index contributed by atoms with van der Waals surface area (Å²) < 4.78 is 14.8. The maximum atomic E-state index is 13.8. The van der Waals surface area contributed by atoms with E-state index in [0.29, 0.717) is 17.0 Å². The van der Waals surface area contributed by atoms with E-state index in [2.05, 4.69) is 15.9 Å². The standard InChI is InChI=1S/C15H14BrClFN/c1-15(19,11-3-5-12(16)6-4-11)9-10-2-7-13(17)8-14(10)18/h2-8H,9,19H2,1H3. The topological polar surface area (TPSA) is 26.0 Å². The van der Waals surface area contributed by atoms with Crippen molar-refractivity contribution in [3.8, 4) is 0 Å². The fraction of sp³-hybridized carbons (Fsp3) is 0.200. The summed E-state index contributed by atoms with van der Waals surface area (Å²) in [5.74, 6) is -0.318. The number of nitrogens with two attached hydrogens (primary N) is 1.